The van der Waals surface area contributed by atoms with Crippen LogP contribution >= 0.6 is 0 Å². The van der Waals surface area contributed by atoms with Gasteiger partial charge in [0.1, 0.15) is 0 Å². The molecule has 0 aliphatic rings. The summed E-state index contributed by atoms with van der Waals surface area (Å²) in [6, 6.07) is 17.5. The summed E-state index contributed by atoms with van der Waals surface area (Å²) >= 11 is 0. The van der Waals surface area contributed by atoms with Crippen molar-refractivity contribution in [1.82, 2.24) is 9.80 Å². The SMILES string of the molecule is CCCCCCCN(CCCC)CCOCc1ccccc1-c1ccccc1COCCN(CCCC)CCCCCCC. The highest BCUT2D eigenvalue weighted by Crippen LogP contribution is 2.28. The maximum absolute atomic E-state index is 6.31. The maximum atomic E-state index is 6.31. The summed E-state index contributed by atoms with van der Waals surface area (Å²) in [5.41, 5.74) is 5.05. The van der Waals surface area contributed by atoms with Gasteiger partial charge in [0.25, 0.3) is 0 Å². The van der Waals surface area contributed by atoms with Crippen LogP contribution in [0, 0.1) is 0 Å². The van der Waals surface area contributed by atoms with Crippen molar-refractivity contribution in [1.29, 1.82) is 0 Å². The molecule has 2 rings (SSSR count). The molecule has 0 unspecified atom stereocenters. The molecule has 0 saturated carbocycles. The number of unbranched alkanes of at least 4 members (excludes halogenated alkanes) is 10. The first-order chi connectivity index (χ1) is 21.7. The lowest BCUT2D eigenvalue weighted by Gasteiger charge is -2.22. The zero-order chi connectivity index (χ0) is 31.5. The monoisotopic (exact) mass is 609 g/mol. The molecule has 2 aromatic carbocycles. The van der Waals surface area contributed by atoms with Crippen molar-refractivity contribution in [3.63, 3.8) is 0 Å². The van der Waals surface area contributed by atoms with Gasteiger partial charge in [0.15, 0.2) is 0 Å². The minimum Gasteiger partial charge on any atom is -0.375 e. The Kier molecular flexibility index (Phi) is 23.2. The molecule has 250 valence electrons. The Balaban J connectivity index is 1.88. The largest absolute Gasteiger partial charge is 0.375 e. The van der Waals surface area contributed by atoms with Crippen LogP contribution < -0.4 is 0 Å². The lowest BCUT2D eigenvalue weighted by Crippen LogP contribution is -2.30. The third-order valence-corrected chi connectivity index (χ3v) is 8.76. The van der Waals surface area contributed by atoms with Gasteiger partial charge in [-0.15, -0.1) is 0 Å². The molecule has 0 N–H and O–H groups in total. The minimum atomic E-state index is 0.647. The van der Waals surface area contributed by atoms with Crippen molar-refractivity contribution in [3.8, 4) is 11.1 Å². The molecule has 0 fully saturated rings. The van der Waals surface area contributed by atoms with Gasteiger partial charge in [-0.25, -0.2) is 0 Å². The molecule has 4 nitrogen and oxygen atoms in total. The van der Waals surface area contributed by atoms with Crippen molar-refractivity contribution in [2.75, 3.05) is 52.5 Å². The fraction of sp³-hybridized carbons (Fsp3) is 0.700. The Morgan fingerprint density at radius 1 is 0.409 bits per heavy atom. The predicted molar refractivity (Wildman–Crippen MR) is 191 cm³/mol. The van der Waals surface area contributed by atoms with E-state index in [9.17, 15) is 0 Å². The Labute approximate surface area is 272 Å². The molecule has 4 heteroatoms. The number of hydrogen-bond donors (Lipinski definition) is 0. The summed E-state index contributed by atoms with van der Waals surface area (Å²) in [5.74, 6) is 0. The molecule has 0 bridgehead atoms. The lowest BCUT2D eigenvalue weighted by atomic mass is 9.96. The van der Waals surface area contributed by atoms with E-state index in [4.69, 9.17) is 9.47 Å². The molecule has 0 saturated heterocycles. The zero-order valence-electron chi connectivity index (χ0n) is 29.3. The molecule has 0 atom stereocenters. The van der Waals surface area contributed by atoms with Gasteiger partial charge in [-0.1, -0.05) is 140 Å². The van der Waals surface area contributed by atoms with Gasteiger partial charge in [-0.2, -0.15) is 0 Å². The van der Waals surface area contributed by atoms with Crippen LogP contribution in [-0.2, 0) is 22.7 Å². The van der Waals surface area contributed by atoms with Crippen LogP contribution in [0.5, 0.6) is 0 Å². The van der Waals surface area contributed by atoms with Crippen LogP contribution in [0.1, 0.15) is 129 Å². The standard InChI is InChI=1S/C40H68N2O2/c1-5-9-13-15-21-29-41(27-11-7-3)31-33-43-35-37-23-17-19-25-39(37)40-26-20-18-24-38(40)36-44-34-32-42(28-12-8-4)30-22-16-14-10-6-2/h17-20,23-26H,5-16,21-22,27-36H2,1-4H3. The van der Waals surface area contributed by atoms with Crippen LogP contribution in [0.15, 0.2) is 48.5 Å². The summed E-state index contributed by atoms with van der Waals surface area (Å²) in [5, 5.41) is 0. The lowest BCUT2D eigenvalue weighted by molar-refractivity contribution is 0.0908. The van der Waals surface area contributed by atoms with Crippen molar-refractivity contribution < 1.29 is 9.47 Å². The highest BCUT2D eigenvalue weighted by atomic mass is 16.5. The summed E-state index contributed by atoms with van der Waals surface area (Å²) < 4.78 is 12.6. The van der Waals surface area contributed by atoms with Gasteiger partial charge in [-0.05, 0) is 74.1 Å². The van der Waals surface area contributed by atoms with Crippen molar-refractivity contribution in [2.45, 2.75) is 131 Å². The molecule has 0 heterocycles. The number of hydrogen-bond acceptors (Lipinski definition) is 4. The van der Waals surface area contributed by atoms with Crippen molar-refractivity contribution in [2.24, 2.45) is 0 Å². The first-order valence-electron chi connectivity index (χ1n) is 18.5. The third-order valence-electron chi connectivity index (χ3n) is 8.76. The minimum absolute atomic E-state index is 0.647. The third kappa shape index (κ3) is 17.1. The van der Waals surface area contributed by atoms with Gasteiger partial charge in [0, 0.05) is 13.1 Å². The van der Waals surface area contributed by atoms with Gasteiger partial charge in [0.2, 0.25) is 0 Å². The van der Waals surface area contributed by atoms with E-state index >= 15 is 0 Å². The van der Waals surface area contributed by atoms with E-state index in [1.54, 1.807) is 0 Å². The average Bonchev–Trinajstić information content (AvgIpc) is 3.05. The van der Waals surface area contributed by atoms with Crippen LogP contribution in [0.25, 0.3) is 11.1 Å². The van der Waals surface area contributed by atoms with Gasteiger partial charge >= 0.3 is 0 Å². The smallest absolute Gasteiger partial charge is 0.0723 e. The Morgan fingerprint density at radius 2 is 0.773 bits per heavy atom. The molecule has 0 aliphatic heterocycles. The van der Waals surface area contributed by atoms with Crippen LogP contribution in [0.4, 0.5) is 0 Å². The second-order valence-corrected chi connectivity index (χ2v) is 12.6. The number of benzene rings is 2. The van der Waals surface area contributed by atoms with Crippen molar-refractivity contribution in [3.05, 3.63) is 59.7 Å². The Morgan fingerprint density at radius 3 is 1.18 bits per heavy atom. The highest BCUT2D eigenvalue weighted by Gasteiger charge is 2.11. The van der Waals surface area contributed by atoms with Gasteiger partial charge in [0.05, 0.1) is 26.4 Å². The molecule has 0 aromatic heterocycles. The van der Waals surface area contributed by atoms with Gasteiger partial charge in [-0.3, -0.25) is 0 Å². The van der Waals surface area contributed by atoms with Crippen molar-refractivity contribution >= 4 is 0 Å². The molecule has 44 heavy (non-hydrogen) atoms. The van der Waals surface area contributed by atoms with Crippen LogP contribution in [-0.4, -0.2) is 62.3 Å². The summed E-state index contributed by atoms with van der Waals surface area (Å²) in [4.78, 5) is 5.23. The first-order valence-corrected chi connectivity index (χ1v) is 18.5. The molecule has 0 amide bonds. The molecule has 0 aliphatic carbocycles. The Bertz CT molecular complexity index is 858. The number of rotatable bonds is 29. The Hall–Kier alpha value is -1.72. The summed E-state index contributed by atoms with van der Waals surface area (Å²) in [6.07, 6.45) is 18.4. The van der Waals surface area contributed by atoms with E-state index in [0.29, 0.717) is 13.2 Å². The van der Waals surface area contributed by atoms with E-state index in [1.165, 1.54) is 138 Å². The molecule has 2 aromatic rings. The van der Waals surface area contributed by atoms with E-state index < -0.39 is 0 Å². The van der Waals surface area contributed by atoms with Crippen LogP contribution in [0.2, 0.25) is 0 Å². The van der Waals surface area contributed by atoms with E-state index in [-0.39, 0.29) is 0 Å². The quantitative estimate of drug-likeness (QED) is 0.0858. The summed E-state index contributed by atoms with van der Waals surface area (Å²) in [7, 11) is 0. The second-order valence-electron chi connectivity index (χ2n) is 12.6. The average molecular weight is 609 g/mol. The van der Waals surface area contributed by atoms with Gasteiger partial charge < -0.3 is 19.3 Å². The normalized spacial score (nSPS) is 11.7. The number of nitrogens with zero attached hydrogens (tertiary/aromatic N) is 2. The fourth-order valence-corrected chi connectivity index (χ4v) is 5.88. The highest BCUT2D eigenvalue weighted by molar-refractivity contribution is 5.70. The molecular formula is C40H68N2O2. The molecule has 0 radical (unpaired) electrons. The number of ether oxygens (including phenoxy) is 2. The topological polar surface area (TPSA) is 24.9 Å². The van der Waals surface area contributed by atoms with E-state index in [0.717, 1.165) is 26.3 Å². The fourth-order valence-electron chi connectivity index (χ4n) is 5.88. The zero-order valence-corrected chi connectivity index (χ0v) is 29.3. The molecular weight excluding hydrogens is 540 g/mol. The van der Waals surface area contributed by atoms with Crippen LogP contribution in [0.3, 0.4) is 0 Å². The maximum Gasteiger partial charge on any atom is 0.0723 e. The van der Waals surface area contributed by atoms with E-state index in [2.05, 4.69) is 86.0 Å². The molecule has 0 spiro atoms. The predicted octanol–water partition coefficient (Wildman–Crippen LogP) is 10.5. The second kappa shape index (κ2) is 26.5. The summed E-state index contributed by atoms with van der Waals surface area (Å²) in [6.45, 7) is 18.8. The van der Waals surface area contributed by atoms with E-state index in [1.807, 2.05) is 0 Å². The first kappa shape index (κ1) is 38.5.